The maximum Gasteiger partial charge on any atom is 0.230 e. The Hall–Kier alpha value is -2.15. The van der Waals surface area contributed by atoms with E-state index in [1.165, 1.54) is 0 Å². The zero-order chi connectivity index (χ0) is 19.2. The molecule has 7 heteroatoms. The predicted molar refractivity (Wildman–Crippen MR) is 99.7 cm³/mol. The number of fused-ring (bicyclic) bond motifs is 1. The highest BCUT2D eigenvalue weighted by molar-refractivity contribution is 5.93. The van der Waals surface area contributed by atoms with Gasteiger partial charge in [0.2, 0.25) is 11.8 Å². The molecule has 1 spiro atoms. The van der Waals surface area contributed by atoms with Gasteiger partial charge in [-0.25, -0.2) is 0 Å². The average molecular weight is 372 g/mol. The van der Waals surface area contributed by atoms with Crippen molar-refractivity contribution in [3.8, 4) is 0 Å². The van der Waals surface area contributed by atoms with Crippen molar-refractivity contribution in [2.24, 2.45) is 11.8 Å². The molecule has 0 saturated carbocycles. The first-order valence-electron chi connectivity index (χ1n) is 9.90. The van der Waals surface area contributed by atoms with E-state index < -0.39 is 17.4 Å². The minimum Gasteiger partial charge on any atom is -0.360 e. The predicted octanol–water partition coefficient (Wildman–Crippen LogP) is 1.31. The van der Waals surface area contributed by atoms with Crippen molar-refractivity contribution in [1.82, 2.24) is 19.6 Å². The molecule has 1 aromatic heterocycles. The minimum atomic E-state index is -0.618. The third-order valence-electron chi connectivity index (χ3n) is 6.40. The Bertz CT molecular complexity index is 742. The van der Waals surface area contributed by atoms with Gasteiger partial charge in [0.1, 0.15) is 5.60 Å². The van der Waals surface area contributed by atoms with E-state index in [0.717, 1.165) is 12.8 Å². The van der Waals surface area contributed by atoms with Crippen LogP contribution in [0, 0.1) is 11.8 Å². The van der Waals surface area contributed by atoms with E-state index in [4.69, 9.17) is 4.74 Å². The highest BCUT2D eigenvalue weighted by Gasteiger charge is 2.67. The zero-order valence-electron chi connectivity index (χ0n) is 16.2. The highest BCUT2D eigenvalue weighted by Crippen LogP contribution is 2.52. The first-order chi connectivity index (χ1) is 13.0. The fourth-order valence-corrected chi connectivity index (χ4v) is 4.90. The van der Waals surface area contributed by atoms with E-state index in [2.05, 4.69) is 18.9 Å². The standard InChI is InChI=1S/C20H28N4O3/c1-4-14(5-2)24-13-20-8-7-15(27-20)16(17(20)19(24)26)18(25)22(3)11-12-23-10-6-9-21-23/h6-10,14-17H,4-5,11-13H2,1-3H3/t15-,16?,17?,20-/m1/s1. The van der Waals surface area contributed by atoms with Crippen molar-refractivity contribution < 1.29 is 14.3 Å². The van der Waals surface area contributed by atoms with Gasteiger partial charge in [0.15, 0.2) is 0 Å². The van der Waals surface area contributed by atoms with E-state index in [-0.39, 0.29) is 24.0 Å². The van der Waals surface area contributed by atoms with Crippen LogP contribution in [-0.4, -0.2) is 69.3 Å². The molecule has 2 bridgehead atoms. The second-order valence-corrected chi connectivity index (χ2v) is 7.87. The van der Waals surface area contributed by atoms with Crippen LogP contribution in [0.25, 0.3) is 0 Å². The van der Waals surface area contributed by atoms with Crippen LogP contribution >= 0.6 is 0 Å². The van der Waals surface area contributed by atoms with E-state index in [9.17, 15) is 9.59 Å². The van der Waals surface area contributed by atoms with Gasteiger partial charge >= 0.3 is 0 Å². The Morgan fingerprint density at radius 2 is 2.22 bits per heavy atom. The number of hydrogen-bond acceptors (Lipinski definition) is 4. The molecule has 146 valence electrons. The molecule has 3 aliphatic rings. The number of aromatic nitrogens is 2. The van der Waals surface area contributed by atoms with Crippen LogP contribution in [0.3, 0.4) is 0 Å². The molecule has 7 nitrogen and oxygen atoms in total. The Balaban J connectivity index is 1.51. The number of carbonyl (C=O) groups excluding carboxylic acids is 2. The quantitative estimate of drug-likeness (QED) is 0.677. The maximum absolute atomic E-state index is 13.2. The van der Waals surface area contributed by atoms with Crippen LogP contribution in [0.1, 0.15) is 26.7 Å². The van der Waals surface area contributed by atoms with Crippen LogP contribution < -0.4 is 0 Å². The van der Waals surface area contributed by atoms with Gasteiger partial charge in [-0.05, 0) is 18.9 Å². The first-order valence-corrected chi connectivity index (χ1v) is 9.90. The van der Waals surface area contributed by atoms with Crippen LogP contribution in [0.5, 0.6) is 0 Å². The summed E-state index contributed by atoms with van der Waals surface area (Å²) in [5.74, 6) is -0.755. The molecule has 4 heterocycles. The van der Waals surface area contributed by atoms with Crippen molar-refractivity contribution in [2.75, 3.05) is 20.1 Å². The molecule has 0 radical (unpaired) electrons. The monoisotopic (exact) mass is 372 g/mol. The van der Waals surface area contributed by atoms with Crippen LogP contribution in [0.15, 0.2) is 30.6 Å². The van der Waals surface area contributed by atoms with Gasteiger partial charge in [-0.15, -0.1) is 0 Å². The molecule has 2 amide bonds. The third-order valence-corrected chi connectivity index (χ3v) is 6.40. The number of carbonyl (C=O) groups is 2. The first kappa shape index (κ1) is 18.2. The van der Waals surface area contributed by atoms with E-state index in [0.29, 0.717) is 19.6 Å². The molecule has 0 aliphatic carbocycles. The van der Waals surface area contributed by atoms with Gasteiger partial charge in [0.25, 0.3) is 0 Å². The van der Waals surface area contributed by atoms with Gasteiger partial charge in [-0.2, -0.15) is 5.10 Å². The second-order valence-electron chi connectivity index (χ2n) is 7.87. The topological polar surface area (TPSA) is 67.7 Å². The molecule has 27 heavy (non-hydrogen) atoms. The number of rotatable bonds is 7. The number of amides is 2. The molecule has 2 saturated heterocycles. The Morgan fingerprint density at radius 3 is 2.89 bits per heavy atom. The lowest BCUT2D eigenvalue weighted by Gasteiger charge is -2.29. The van der Waals surface area contributed by atoms with Crippen molar-refractivity contribution in [2.45, 2.75) is 51.0 Å². The third kappa shape index (κ3) is 2.79. The number of nitrogens with zero attached hydrogens (tertiary/aromatic N) is 4. The summed E-state index contributed by atoms with van der Waals surface area (Å²) in [5, 5.41) is 4.18. The SMILES string of the molecule is CCC(CC)N1C[C@@]23C=C[C@@H](O2)C(C(=O)N(C)CCn2cccn2)C3C1=O. The van der Waals surface area contributed by atoms with E-state index >= 15 is 0 Å². The van der Waals surface area contributed by atoms with Crippen LogP contribution in [0.4, 0.5) is 0 Å². The number of likely N-dealkylation sites (tertiary alicyclic amines) is 1. The lowest BCUT2D eigenvalue weighted by molar-refractivity contribution is -0.143. The lowest BCUT2D eigenvalue weighted by Crippen LogP contribution is -2.46. The van der Waals surface area contributed by atoms with Crippen molar-refractivity contribution in [1.29, 1.82) is 0 Å². The normalized spacial score (nSPS) is 31.2. The second kappa shape index (κ2) is 6.78. The molecule has 0 aromatic carbocycles. The molecule has 4 rings (SSSR count). The lowest BCUT2D eigenvalue weighted by atomic mass is 9.76. The molecule has 2 unspecified atom stereocenters. The van der Waals surface area contributed by atoms with Gasteiger partial charge in [-0.3, -0.25) is 14.3 Å². The molecular formula is C20H28N4O3. The zero-order valence-corrected chi connectivity index (χ0v) is 16.2. The maximum atomic E-state index is 13.2. The molecule has 3 aliphatic heterocycles. The van der Waals surface area contributed by atoms with Crippen molar-refractivity contribution in [3.63, 3.8) is 0 Å². The van der Waals surface area contributed by atoms with Crippen LogP contribution in [-0.2, 0) is 20.9 Å². The van der Waals surface area contributed by atoms with E-state index in [1.807, 2.05) is 29.3 Å². The average Bonchev–Trinajstić information content (AvgIpc) is 3.43. The summed E-state index contributed by atoms with van der Waals surface area (Å²) in [5.41, 5.74) is -0.618. The molecule has 1 aromatic rings. The number of hydrogen-bond donors (Lipinski definition) is 0. The molecular weight excluding hydrogens is 344 g/mol. The van der Waals surface area contributed by atoms with Gasteiger partial charge in [0, 0.05) is 32.0 Å². The highest BCUT2D eigenvalue weighted by atomic mass is 16.5. The van der Waals surface area contributed by atoms with E-state index in [1.54, 1.807) is 22.8 Å². The summed E-state index contributed by atoms with van der Waals surface area (Å²) in [6.45, 7) is 5.96. The Morgan fingerprint density at radius 1 is 1.44 bits per heavy atom. The van der Waals surface area contributed by atoms with Gasteiger partial charge < -0.3 is 14.5 Å². The largest absolute Gasteiger partial charge is 0.360 e. The van der Waals surface area contributed by atoms with Gasteiger partial charge in [-0.1, -0.05) is 26.0 Å². The fraction of sp³-hybridized carbons (Fsp3) is 0.650. The summed E-state index contributed by atoms with van der Waals surface area (Å²) < 4.78 is 8.02. The number of ether oxygens (including phenoxy) is 1. The number of likely N-dealkylation sites (N-methyl/N-ethyl adjacent to an activating group) is 1. The smallest absolute Gasteiger partial charge is 0.230 e. The Kier molecular flexibility index (Phi) is 4.58. The summed E-state index contributed by atoms with van der Waals surface area (Å²) >= 11 is 0. The molecule has 2 fully saturated rings. The molecule has 4 atom stereocenters. The summed E-state index contributed by atoms with van der Waals surface area (Å²) in [4.78, 5) is 30.1. The van der Waals surface area contributed by atoms with Gasteiger partial charge in [0.05, 0.1) is 31.0 Å². The Labute approximate surface area is 159 Å². The minimum absolute atomic E-state index is 0.0110. The summed E-state index contributed by atoms with van der Waals surface area (Å²) in [6, 6.07) is 2.07. The molecule has 0 N–H and O–H groups in total. The van der Waals surface area contributed by atoms with Crippen molar-refractivity contribution >= 4 is 11.8 Å². The van der Waals surface area contributed by atoms with Crippen LogP contribution in [0.2, 0.25) is 0 Å². The fourth-order valence-electron chi connectivity index (χ4n) is 4.90. The van der Waals surface area contributed by atoms with Crippen molar-refractivity contribution in [3.05, 3.63) is 30.6 Å². The summed E-state index contributed by atoms with van der Waals surface area (Å²) in [7, 11) is 1.80. The summed E-state index contributed by atoms with van der Waals surface area (Å²) in [6.07, 6.45) is 9.15.